The summed E-state index contributed by atoms with van der Waals surface area (Å²) in [7, 11) is 0. The van der Waals surface area contributed by atoms with Crippen molar-refractivity contribution in [3.05, 3.63) is 30.1 Å². The number of rotatable bonds is 4. The molecule has 0 heterocycles. The van der Waals surface area contributed by atoms with Crippen molar-refractivity contribution in [2.75, 3.05) is 5.32 Å². The van der Waals surface area contributed by atoms with Crippen LogP contribution in [-0.2, 0) is 0 Å². The molecular weight excluding hydrogens is 235 g/mol. The van der Waals surface area contributed by atoms with Crippen LogP contribution in [0.15, 0.2) is 24.3 Å². The second-order valence-corrected chi connectivity index (χ2v) is 4.16. The maximum Gasteiger partial charge on any atom is 0.320 e. The van der Waals surface area contributed by atoms with Gasteiger partial charge in [0.1, 0.15) is 11.7 Å². The van der Waals surface area contributed by atoms with Crippen LogP contribution in [0.1, 0.15) is 20.3 Å². The van der Waals surface area contributed by atoms with E-state index in [0.717, 1.165) is 0 Å². The summed E-state index contributed by atoms with van der Waals surface area (Å²) >= 11 is 0. The van der Waals surface area contributed by atoms with Gasteiger partial charge in [-0.05, 0) is 25.5 Å². The molecule has 6 heteroatoms. The third-order valence-electron chi connectivity index (χ3n) is 2.81. The number of benzene rings is 1. The fourth-order valence-electron chi connectivity index (χ4n) is 1.31. The summed E-state index contributed by atoms with van der Waals surface area (Å²) in [6.07, 6.45) is 0.465. The Morgan fingerprint density at radius 1 is 1.50 bits per heavy atom. The van der Waals surface area contributed by atoms with Crippen LogP contribution in [0.3, 0.4) is 0 Å². The third kappa shape index (κ3) is 3.19. The fraction of sp³-hybridized carbons (Fsp3) is 0.333. The molecule has 1 aromatic rings. The zero-order valence-electron chi connectivity index (χ0n) is 10.4. The van der Waals surface area contributed by atoms with Gasteiger partial charge in [-0.25, -0.2) is 9.18 Å². The van der Waals surface area contributed by atoms with Crippen LogP contribution in [0, 0.1) is 11.2 Å². The molecule has 0 saturated carbocycles. The summed E-state index contributed by atoms with van der Waals surface area (Å²) in [6.45, 7) is 3.43. The first-order chi connectivity index (χ1) is 8.39. The van der Waals surface area contributed by atoms with Gasteiger partial charge in [-0.3, -0.25) is 5.41 Å². The van der Waals surface area contributed by atoms with E-state index >= 15 is 0 Å². The number of hydrogen-bond acceptors (Lipinski definition) is 2. The molecule has 1 rings (SSSR count). The van der Waals surface area contributed by atoms with Gasteiger partial charge >= 0.3 is 6.03 Å². The molecule has 5 N–H and O–H groups in total. The van der Waals surface area contributed by atoms with Gasteiger partial charge in [0.15, 0.2) is 0 Å². The summed E-state index contributed by atoms with van der Waals surface area (Å²) in [4.78, 5) is 11.7. The molecule has 0 bridgehead atoms. The Balaban J connectivity index is 2.73. The van der Waals surface area contributed by atoms with Gasteiger partial charge in [-0.2, -0.15) is 0 Å². The number of para-hydroxylation sites is 1. The average molecular weight is 252 g/mol. The smallest absolute Gasteiger partial charge is 0.320 e. The topological polar surface area (TPSA) is 91.0 Å². The van der Waals surface area contributed by atoms with Gasteiger partial charge in [-0.15, -0.1) is 0 Å². The minimum Gasteiger partial charge on any atom is -0.386 e. The van der Waals surface area contributed by atoms with E-state index in [-0.39, 0.29) is 11.5 Å². The largest absolute Gasteiger partial charge is 0.386 e. The maximum absolute atomic E-state index is 13.3. The third-order valence-corrected chi connectivity index (χ3v) is 2.81. The second-order valence-electron chi connectivity index (χ2n) is 4.16. The van der Waals surface area contributed by atoms with Gasteiger partial charge in [0.05, 0.1) is 11.2 Å². The zero-order valence-corrected chi connectivity index (χ0v) is 10.4. The highest BCUT2D eigenvalue weighted by Gasteiger charge is 2.27. The fourth-order valence-corrected chi connectivity index (χ4v) is 1.31. The van der Waals surface area contributed by atoms with Gasteiger partial charge in [0, 0.05) is 0 Å². The first-order valence-electron chi connectivity index (χ1n) is 5.57. The predicted octanol–water partition coefficient (Wildman–Crippen LogP) is 2.05. The van der Waals surface area contributed by atoms with E-state index in [9.17, 15) is 9.18 Å². The number of anilines is 1. The predicted molar refractivity (Wildman–Crippen MR) is 69.2 cm³/mol. The molecule has 0 aliphatic carbocycles. The highest BCUT2D eigenvalue weighted by Crippen LogP contribution is 2.13. The Labute approximate surface area is 105 Å². The van der Waals surface area contributed by atoms with E-state index in [2.05, 4.69) is 10.6 Å². The summed E-state index contributed by atoms with van der Waals surface area (Å²) < 4.78 is 13.3. The molecule has 2 amide bonds. The number of halogens is 1. The number of amidine groups is 1. The Bertz CT molecular complexity index is 463. The van der Waals surface area contributed by atoms with Crippen molar-refractivity contribution >= 4 is 17.6 Å². The summed E-state index contributed by atoms with van der Waals surface area (Å²) in [5.41, 5.74) is 4.57. The second kappa shape index (κ2) is 5.48. The van der Waals surface area contributed by atoms with Crippen LogP contribution in [0.5, 0.6) is 0 Å². The van der Waals surface area contributed by atoms with E-state index in [1.165, 1.54) is 18.2 Å². The number of amides is 2. The van der Waals surface area contributed by atoms with Crippen molar-refractivity contribution in [2.45, 2.75) is 25.8 Å². The van der Waals surface area contributed by atoms with E-state index < -0.39 is 17.4 Å². The molecule has 1 atom stereocenters. The van der Waals surface area contributed by atoms with Crippen molar-refractivity contribution in [1.82, 2.24) is 5.32 Å². The van der Waals surface area contributed by atoms with Crippen LogP contribution in [0.4, 0.5) is 14.9 Å². The first-order valence-corrected chi connectivity index (χ1v) is 5.57. The monoisotopic (exact) mass is 252 g/mol. The standard InChI is InChI=1S/C12H17FN4O/c1-3-12(2,10(14)15)17-11(18)16-9-7-5-4-6-8(9)13/h4-7H,3H2,1-2H3,(H3,14,15)(H2,16,17,18). The molecule has 0 spiro atoms. The SMILES string of the molecule is CCC(C)(NC(=O)Nc1ccccc1F)C(=N)N. The number of nitrogens with two attached hydrogens (primary N) is 1. The molecule has 1 unspecified atom stereocenters. The average Bonchev–Trinajstić information content (AvgIpc) is 2.31. The molecule has 0 aliphatic heterocycles. The van der Waals surface area contributed by atoms with Crippen molar-refractivity contribution in [3.8, 4) is 0 Å². The van der Waals surface area contributed by atoms with Gasteiger partial charge in [0.25, 0.3) is 0 Å². The van der Waals surface area contributed by atoms with Crippen molar-refractivity contribution in [3.63, 3.8) is 0 Å². The minimum atomic E-state index is -0.935. The molecule has 0 saturated heterocycles. The molecule has 1 aromatic carbocycles. The molecule has 0 aliphatic rings. The van der Waals surface area contributed by atoms with Crippen molar-refractivity contribution in [2.24, 2.45) is 5.73 Å². The van der Waals surface area contributed by atoms with Crippen LogP contribution < -0.4 is 16.4 Å². The number of hydrogen-bond donors (Lipinski definition) is 4. The first kappa shape index (κ1) is 14.0. The highest BCUT2D eigenvalue weighted by molar-refractivity contribution is 5.96. The van der Waals surface area contributed by atoms with Crippen LogP contribution in [-0.4, -0.2) is 17.4 Å². The number of urea groups is 1. The minimum absolute atomic E-state index is 0.0806. The van der Waals surface area contributed by atoms with Crippen LogP contribution >= 0.6 is 0 Å². The van der Waals surface area contributed by atoms with Crippen molar-refractivity contribution < 1.29 is 9.18 Å². The number of carbonyl (C=O) groups is 1. The number of nitrogens with one attached hydrogen (secondary N) is 3. The van der Waals surface area contributed by atoms with E-state index in [4.69, 9.17) is 11.1 Å². The Morgan fingerprint density at radius 2 is 2.11 bits per heavy atom. The molecule has 0 radical (unpaired) electrons. The lowest BCUT2D eigenvalue weighted by atomic mass is 9.98. The van der Waals surface area contributed by atoms with E-state index in [1.807, 2.05) is 0 Å². The lowest BCUT2D eigenvalue weighted by Crippen LogP contribution is -2.55. The molecule has 0 fully saturated rings. The highest BCUT2D eigenvalue weighted by atomic mass is 19.1. The number of carbonyl (C=O) groups excluding carboxylic acids is 1. The van der Waals surface area contributed by atoms with Crippen LogP contribution in [0.2, 0.25) is 0 Å². The lowest BCUT2D eigenvalue weighted by Gasteiger charge is -2.28. The van der Waals surface area contributed by atoms with Crippen molar-refractivity contribution in [1.29, 1.82) is 5.41 Å². The maximum atomic E-state index is 13.3. The Hall–Kier alpha value is -2.11. The summed E-state index contributed by atoms with van der Waals surface area (Å²) in [5, 5.41) is 12.4. The molecule has 0 aromatic heterocycles. The molecular formula is C12H17FN4O. The molecule has 5 nitrogen and oxygen atoms in total. The molecule has 98 valence electrons. The lowest BCUT2D eigenvalue weighted by molar-refractivity contribution is 0.245. The Kier molecular flexibility index (Phi) is 4.25. The van der Waals surface area contributed by atoms with Gasteiger partial charge in [-0.1, -0.05) is 19.1 Å². The quantitative estimate of drug-likeness (QED) is 0.488. The van der Waals surface area contributed by atoms with Gasteiger partial charge in [0.2, 0.25) is 0 Å². The summed E-state index contributed by atoms with van der Waals surface area (Å²) in [5.74, 6) is -0.664. The summed E-state index contributed by atoms with van der Waals surface area (Å²) in [6, 6.07) is 5.25. The molecule has 18 heavy (non-hydrogen) atoms. The van der Waals surface area contributed by atoms with E-state index in [0.29, 0.717) is 6.42 Å². The Morgan fingerprint density at radius 3 is 2.61 bits per heavy atom. The van der Waals surface area contributed by atoms with Gasteiger partial charge < -0.3 is 16.4 Å². The van der Waals surface area contributed by atoms with E-state index in [1.54, 1.807) is 19.9 Å². The normalized spacial score (nSPS) is 13.5. The zero-order chi connectivity index (χ0) is 13.8. The van der Waals surface area contributed by atoms with Crippen LogP contribution in [0.25, 0.3) is 0 Å².